The van der Waals surface area contributed by atoms with Crippen molar-refractivity contribution < 1.29 is 21.6 Å². The van der Waals surface area contributed by atoms with E-state index in [1.807, 2.05) is 24.4 Å². The van der Waals surface area contributed by atoms with Gasteiger partial charge < -0.3 is 0 Å². The van der Waals surface area contributed by atoms with E-state index in [4.69, 9.17) is 0 Å². The Morgan fingerprint density at radius 1 is 1.06 bits per heavy atom. The van der Waals surface area contributed by atoms with E-state index in [2.05, 4.69) is 19.9 Å². The van der Waals surface area contributed by atoms with Crippen LogP contribution in [0.5, 0.6) is 0 Å². The fourth-order valence-electron chi connectivity index (χ4n) is 4.20. The first-order valence-corrected chi connectivity index (χ1v) is 12.8. The van der Waals surface area contributed by atoms with Gasteiger partial charge in [0, 0.05) is 12.2 Å². The highest BCUT2D eigenvalue weighted by atomic mass is 32.2. The van der Waals surface area contributed by atoms with Crippen LogP contribution in [0.1, 0.15) is 41.1 Å². The van der Waals surface area contributed by atoms with Gasteiger partial charge in [0.2, 0.25) is 10.0 Å². The van der Waals surface area contributed by atoms with Gasteiger partial charge in [-0.05, 0) is 67.2 Å². The summed E-state index contributed by atoms with van der Waals surface area (Å²) in [7, 11) is -3.31. The summed E-state index contributed by atoms with van der Waals surface area (Å²) < 4.78 is 65.3. The minimum Gasteiger partial charge on any atom is -0.297 e. The molecule has 7 nitrogen and oxygen atoms in total. The van der Waals surface area contributed by atoms with Crippen LogP contribution < -0.4 is 4.72 Å². The second-order valence-electron chi connectivity index (χ2n) is 8.65. The summed E-state index contributed by atoms with van der Waals surface area (Å²) in [5, 5.41) is 8.32. The number of alkyl halides is 3. The van der Waals surface area contributed by atoms with Gasteiger partial charge in [-0.2, -0.15) is 13.2 Å². The van der Waals surface area contributed by atoms with Gasteiger partial charge in [-0.3, -0.25) is 9.62 Å². The summed E-state index contributed by atoms with van der Waals surface area (Å²) in [4.78, 5) is 2.29. The number of hydrogen-bond donors (Lipinski definition) is 1. The maximum absolute atomic E-state index is 12.7. The van der Waals surface area contributed by atoms with Crippen LogP contribution in [0.25, 0.3) is 0 Å². The minimum absolute atomic E-state index is 0.352. The molecule has 0 unspecified atom stereocenters. The van der Waals surface area contributed by atoms with Crippen molar-refractivity contribution >= 4 is 15.7 Å². The zero-order chi connectivity index (χ0) is 24.3. The van der Waals surface area contributed by atoms with Gasteiger partial charge in [0.25, 0.3) is 0 Å². The third-order valence-corrected chi connectivity index (χ3v) is 6.45. The van der Waals surface area contributed by atoms with Gasteiger partial charge >= 0.3 is 6.18 Å². The lowest BCUT2D eigenvalue weighted by Crippen LogP contribution is -2.32. The highest BCUT2D eigenvalue weighted by Crippen LogP contribution is 2.31. The quantitative estimate of drug-likeness (QED) is 0.536. The van der Waals surface area contributed by atoms with E-state index in [0.29, 0.717) is 24.7 Å². The summed E-state index contributed by atoms with van der Waals surface area (Å²) in [5.74, 6) is 0.355. The highest BCUT2D eigenvalue weighted by molar-refractivity contribution is 7.92. The molecule has 1 saturated heterocycles. The monoisotopic (exact) mass is 493 g/mol. The number of anilines is 1. The minimum atomic E-state index is -4.34. The number of likely N-dealkylation sites (tertiary alicyclic amines) is 1. The van der Waals surface area contributed by atoms with E-state index in [1.54, 1.807) is 10.7 Å². The molecule has 0 atom stereocenters. The molecule has 11 heteroatoms. The number of benzene rings is 2. The molecule has 2 aromatic carbocycles. The van der Waals surface area contributed by atoms with Gasteiger partial charge in [-0.25, -0.2) is 13.1 Å². The Hall–Kier alpha value is -2.92. The van der Waals surface area contributed by atoms with Crippen LogP contribution in [0, 0.1) is 0 Å². The summed E-state index contributed by atoms with van der Waals surface area (Å²) in [6, 6.07) is 12.6. The third kappa shape index (κ3) is 6.57. The SMILES string of the molecule is CS(=O)(=O)Nc1cccc(C2CCN(Cc3cn(Cc4ccc(C(F)(F)F)cc4)nn3)CC2)c1. The fraction of sp³-hybridized carbons (Fsp3) is 0.391. The first-order chi connectivity index (χ1) is 16.0. The molecule has 1 fully saturated rings. The average Bonchev–Trinajstić information content (AvgIpc) is 3.20. The molecule has 0 amide bonds. The van der Waals surface area contributed by atoms with Gasteiger partial charge in [0.15, 0.2) is 0 Å². The van der Waals surface area contributed by atoms with Crippen molar-refractivity contribution in [1.29, 1.82) is 0 Å². The Morgan fingerprint density at radius 2 is 1.76 bits per heavy atom. The molecule has 4 rings (SSSR count). The summed E-state index contributed by atoms with van der Waals surface area (Å²) >= 11 is 0. The molecule has 0 radical (unpaired) electrons. The van der Waals surface area contributed by atoms with Gasteiger partial charge in [-0.15, -0.1) is 5.10 Å². The van der Waals surface area contributed by atoms with Gasteiger partial charge in [0.05, 0.1) is 30.3 Å². The molecule has 1 aliphatic rings. The van der Waals surface area contributed by atoms with Crippen molar-refractivity contribution in [2.24, 2.45) is 0 Å². The molecule has 0 spiro atoms. The first kappa shape index (κ1) is 24.2. The number of hydrogen-bond acceptors (Lipinski definition) is 5. The lowest BCUT2D eigenvalue weighted by molar-refractivity contribution is -0.137. The van der Waals surface area contributed by atoms with Crippen molar-refractivity contribution in [3.8, 4) is 0 Å². The Kier molecular flexibility index (Phi) is 6.94. The second-order valence-corrected chi connectivity index (χ2v) is 10.4. The Bertz CT molecular complexity index is 1220. The van der Waals surface area contributed by atoms with Crippen LogP contribution in [0.3, 0.4) is 0 Å². The number of rotatable bonds is 7. The Balaban J connectivity index is 1.29. The zero-order valence-electron chi connectivity index (χ0n) is 18.7. The van der Waals surface area contributed by atoms with E-state index < -0.39 is 21.8 Å². The number of nitrogens with one attached hydrogen (secondary N) is 1. The Morgan fingerprint density at radius 3 is 2.41 bits per heavy atom. The van der Waals surface area contributed by atoms with Crippen LogP contribution >= 0.6 is 0 Å². The van der Waals surface area contributed by atoms with E-state index in [0.717, 1.165) is 61.1 Å². The molecule has 2 heterocycles. The number of halogens is 3. The molecular formula is C23H26F3N5O2S. The largest absolute Gasteiger partial charge is 0.416 e. The van der Waals surface area contributed by atoms with E-state index >= 15 is 0 Å². The van der Waals surface area contributed by atoms with Crippen molar-refractivity contribution in [3.63, 3.8) is 0 Å². The average molecular weight is 494 g/mol. The predicted molar refractivity (Wildman–Crippen MR) is 123 cm³/mol. The van der Waals surface area contributed by atoms with Crippen LogP contribution in [-0.4, -0.2) is 47.7 Å². The lowest BCUT2D eigenvalue weighted by atomic mass is 9.89. The maximum Gasteiger partial charge on any atom is 0.416 e. The summed E-state index contributed by atoms with van der Waals surface area (Å²) in [6.45, 7) is 2.75. The molecule has 182 valence electrons. The highest BCUT2D eigenvalue weighted by Gasteiger charge is 2.30. The molecule has 34 heavy (non-hydrogen) atoms. The second kappa shape index (κ2) is 9.75. The van der Waals surface area contributed by atoms with Crippen LogP contribution in [0.4, 0.5) is 18.9 Å². The molecule has 0 bridgehead atoms. The molecule has 1 aromatic heterocycles. The first-order valence-electron chi connectivity index (χ1n) is 10.9. The summed E-state index contributed by atoms with van der Waals surface area (Å²) in [6.07, 6.45) is 0.508. The Labute approximate surface area is 196 Å². The van der Waals surface area contributed by atoms with Crippen molar-refractivity contribution in [2.45, 2.75) is 38.0 Å². The molecular weight excluding hydrogens is 467 g/mol. The van der Waals surface area contributed by atoms with Crippen LogP contribution in [0.15, 0.2) is 54.7 Å². The summed E-state index contributed by atoms with van der Waals surface area (Å²) in [5.41, 5.74) is 2.56. The number of sulfonamides is 1. The lowest BCUT2D eigenvalue weighted by Gasteiger charge is -2.31. The number of nitrogens with zero attached hydrogens (tertiary/aromatic N) is 4. The normalized spacial score (nSPS) is 16.0. The van der Waals surface area contributed by atoms with Crippen LogP contribution in [-0.2, 0) is 29.3 Å². The predicted octanol–water partition coefficient (Wildman–Crippen LogP) is 4.10. The van der Waals surface area contributed by atoms with Crippen molar-refractivity contribution in [3.05, 3.63) is 77.1 Å². The van der Waals surface area contributed by atoms with Crippen molar-refractivity contribution in [2.75, 3.05) is 24.1 Å². The maximum atomic E-state index is 12.7. The zero-order valence-corrected chi connectivity index (χ0v) is 19.5. The van der Waals surface area contributed by atoms with E-state index in [1.165, 1.54) is 12.1 Å². The van der Waals surface area contributed by atoms with Crippen molar-refractivity contribution in [1.82, 2.24) is 19.9 Å². The molecule has 0 saturated carbocycles. The van der Waals surface area contributed by atoms with Gasteiger partial charge in [-0.1, -0.05) is 29.5 Å². The smallest absolute Gasteiger partial charge is 0.297 e. The van der Waals surface area contributed by atoms with E-state index in [-0.39, 0.29) is 0 Å². The van der Waals surface area contributed by atoms with Gasteiger partial charge in [0.1, 0.15) is 0 Å². The molecule has 3 aromatic rings. The van der Waals surface area contributed by atoms with Crippen LogP contribution in [0.2, 0.25) is 0 Å². The fourth-order valence-corrected chi connectivity index (χ4v) is 4.75. The number of piperidine rings is 1. The van der Waals surface area contributed by atoms with E-state index in [9.17, 15) is 21.6 Å². The standard InChI is InChI=1S/C23H26F3N5O2S/c1-34(32,33)28-21-4-2-3-19(13-21)18-9-11-30(12-10-18)15-22-16-31(29-27-22)14-17-5-7-20(8-6-17)23(24,25)26/h2-8,13,16,18,28H,9-12,14-15H2,1H3. The molecule has 0 aliphatic carbocycles. The molecule has 1 N–H and O–H groups in total. The number of aromatic nitrogens is 3. The third-order valence-electron chi connectivity index (χ3n) is 5.85. The molecule has 1 aliphatic heterocycles. The topological polar surface area (TPSA) is 80.1 Å².